The highest BCUT2D eigenvalue weighted by Gasteiger charge is 2.41. The Kier molecular flexibility index (Phi) is 4.91. The van der Waals surface area contributed by atoms with Crippen molar-refractivity contribution in [2.45, 2.75) is 10.1 Å². The molecule has 2 unspecified atom stereocenters. The van der Waals surface area contributed by atoms with E-state index in [1.54, 1.807) is 0 Å². The Morgan fingerprint density at radius 3 is 1.60 bits per heavy atom. The summed E-state index contributed by atoms with van der Waals surface area (Å²) in [4.78, 5) is 0. The van der Waals surface area contributed by atoms with Crippen molar-refractivity contribution in [3.05, 3.63) is 33.9 Å². The first-order chi connectivity index (χ1) is 9.44. The third kappa shape index (κ3) is 2.39. The number of alkyl halides is 2. The quantitative estimate of drug-likeness (QED) is 0.363. The molecule has 1 rings (SSSR count). The van der Waals surface area contributed by atoms with Crippen LogP contribution in [0.4, 0.5) is 13.2 Å². The van der Waals surface area contributed by atoms with Gasteiger partial charge in [0, 0.05) is 5.57 Å². The van der Waals surface area contributed by atoms with Gasteiger partial charge in [-0.25, -0.2) is 13.2 Å². The van der Waals surface area contributed by atoms with Gasteiger partial charge in [0.2, 0.25) is 0 Å². The van der Waals surface area contributed by atoms with Crippen LogP contribution in [0.15, 0.2) is 33.9 Å². The Morgan fingerprint density at radius 1 is 0.850 bits per heavy atom. The molecule has 2 atom stereocenters. The summed E-state index contributed by atoms with van der Waals surface area (Å²) in [6.07, 6.45) is -2.21. The highest BCUT2D eigenvalue weighted by molar-refractivity contribution is 14.1. The van der Waals surface area contributed by atoms with Gasteiger partial charge in [0.25, 0.3) is 0 Å². The van der Waals surface area contributed by atoms with E-state index in [0.29, 0.717) is 0 Å². The molecule has 0 aromatic heterocycles. The highest BCUT2D eigenvalue weighted by Crippen LogP contribution is 2.43. The third-order valence-corrected chi connectivity index (χ3v) is 3.71. The van der Waals surface area contributed by atoms with Gasteiger partial charge in [-0.3, -0.25) is 0 Å². The first kappa shape index (κ1) is 15.8. The Balaban J connectivity index is 3.80. The number of nitrogens with zero attached hydrogens (tertiary/aromatic N) is 4. The zero-order valence-electron chi connectivity index (χ0n) is 9.46. The van der Waals surface area contributed by atoms with E-state index < -0.39 is 44.0 Å². The molecule has 0 saturated carbocycles. The van der Waals surface area contributed by atoms with Crippen molar-refractivity contribution >= 4 is 22.6 Å². The molecule has 1 aliphatic rings. The molecule has 0 aromatic rings. The molecule has 20 heavy (non-hydrogen) atoms. The molecule has 4 nitrogen and oxygen atoms in total. The van der Waals surface area contributed by atoms with Crippen molar-refractivity contribution in [3.63, 3.8) is 0 Å². The normalized spacial score (nSPS) is 21.4. The van der Waals surface area contributed by atoms with E-state index in [0.717, 1.165) is 0 Å². The molecule has 0 bridgehead atoms. The summed E-state index contributed by atoms with van der Waals surface area (Å²) in [5.41, 5.74) is -3.35. The van der Waals surface area contributed by atoms with Crippen molar-refractivity contribution in [1.82, 2.24) is 0 Å². The average molecular weight is 386 g/mol. The molecule has 0 amide bonds. The summed E-state index contributed by atoms with van der Waals surface area (Å²) in [6, 6.07) is 5.28. The number of hydrogen-bond acceptors (Lipinski definition) is 4. The van der Waals surface area contributed by atoms with E-state index in [1.165, 1.54) is 46.9 Å². The number of halogens is 4. The van der Waals surface area contributed by atoms with Crippen LogP contribution in [0.25, 0.3) is 0 Å². The van der Waals surface area contributed by atoms with Crippen molar-refractivity contribution in [2.24, 2.45) is 0 Å². The van der Waals surface area contributed by atoms with E-state index in [2.05, 4.69) is 0 Å². The van der Waals surface area contributed by atoms with Crippen LogP contribution in [0.1, 0.15) is 0 Å². The minimum absolute atomic E-state index is 0.709. The van der Waals surface area contributed by atoms with E-state index >= 15 is 0 Å². The van der Waals surface area contributed by atoms with Crippen LogP contribution in [0.5, 0.6) is 0 Å². The number of rotatable bonds is 0. The summed E-state index contributed by atoms with van der Waals surface area (Å²) in [7, 11) is 0. The van der Waals surface area contributed by atoms with Gasteiger partial charge in [0.15, 0.2) is 11.7 Å². The largest absolute Gasteiger partial charge is 0.241 e. The summed E-state index contributed by atoms with van der Waals surface area (Å²) in [5, 5.41) is 34.6. The van der Waals surface area contributed by atoms with Crippen LogP contribution in [-0.2, 0) is 0 Å². The predicted molar refractivity (Wildman–Crippen MR) is 68.5 cm³/mol. The first-order valence-electron chi connectivity index (χ1n) is 4.87. The Morgan fingerprint density at radius 2 is 1.20 bits per heavy atom. The van der Waals surface area contributed by atoms with Crippen LogP contribution in [0.3, 0.4) is 0 Å². The van der Waals surface area contributed by atoms with Gasteiger partial charge in [0.1, 0.15) is 41.6 Å². The van der Waals surface area contributed by atoms with E-state index in [4.69, 9.17) is 21.0 Å². The Hall–Kier alpha value is -2.30. The molecule has 0 spiro atoms. The third-order valence-electron chi connectivity index (χ3n) is 2.46. The molecule has 0 heterocycles. The lowest BCUT2D eigenvalue weighted by Crippen LogP contribution is -2.28. The molecule has 1 aliphatic carbocycles. The van der Waals surface area contributed by atoms with E-state index in [1.807, 2.05) is 0 Å². The van der Waals surface area contributed by atoms with E-state index in [9.17, 15) is 13.2 Å². The maximum Gasteiger partial charge on any atom is 0.167 e. The highest BCUT2D eigenvalue weighted by atomic mass is 127. The van der Waals surface area contributed by atoms with Crippen LogP contribution in [0, 0.1) is 45.3 Å². The molecule has 0 radical (unpaired) electrons. The fraction of sp³-hybridized carbons (Fsp3) is 0.167. The van der Waals surface area contributed by atoms with E-state index in [-0.39, 0.29) is 0 Å². The van der Waals surface area contributed by atoms with Gasteiger partial charge >= 0.3 is 0 Å². The lowest BCUT2D eigenvalue weighted by molar-refractivity contribution is 0.362. The molecule has 0 fully saturated rings. The molecular weight excluding hydrogens is 384 g/mol. The van der Waals surface area contributed by atoms with Crippen LogP contribution >= 0.6 is 22.6 Å². The second-order valence-corrected chi connectivity index (χ2v) is 4.80. The minimum atomic E-state index is -2.21. The van der Waals surface area contributed by atoms with Gasteiger partial charge in [-0.1, -0.05) is 22.6 Å². The zero-order chi connectivity index (χ0) is 15.4. The lowest BCUT2D eigenvalue weighted by Gasteiger charge is -2.25. The minimum Gasteiger partial charge on any atom is -0.241 e. The van der Waals surface area contributed by atoms with Gasteiger partial charge in [0.05, 0.1) is 9.50 Å². The monoisotopic (exact) mass is 386 g/mol. The molecule has 0 aliphatic heterocycles. The van der Waals surface area contributed by atoms with Gasteiger partial charge in [-0.15, -0.1) is 0 Å². The Labute approximate surface area is 125 Å². The SMILES string of the molecule is N#CC(C#N)=C1C(F)=C(F)C(=C(C#N)C#N)C(I)C1F. The number of allylic oxidation sites excluding steroid dienone is 6. The molecule has 8 heteroatoms. The maximum atomic E-state index is 14.1. The number of nitriles is 4. The predicted octanol–water partition coefficient (Wildman–Crippen LogP) is 2.98. The summed E-state index contributed by atoms with van der Waals surface area (Å²) < 4.78 is 40.4. The standard InChI is InChI=1S/C12H2F3IN4/c13-9-7(5(1-17)2-18)11(15)12(16)8(10(9)14)6(3-19)4-20/h11-12H. The number of hydrogen-bond donors (Lipinski definition) is 0. The molecule has 0 N–H and O–H groups in total. The van der Waals surface area contributed by atoms with Crippen molar-refractivity contribution in [2.75, 3.05) is 0 Å². The topological polar surface area (TPSA) is 95.2 Å². The molecule has 98 valence electrons. The fourth-order valence-electron chi connectivity index (χ4n) is 1.56. The Bertz CT molecular complexity index is 628. The summed E-state index contributed by atoms with van der Waals surface area (Å²) in [6.45, 7) is 0. The molecule has 0 saturated heterocycles. The second kappa shape index (κ2) is 6.23. The van der Waals surface area contributed by atoms with Crippen molar-refractivity contribution in [1.29, 1.82) is 21.0 Å². The first-order valence-corrected chi connectivity index (χ1v) is 6.12. The zero-order valence-corrected chi connectivity index (χ0v) is 11.6. The smallest absolute Gasteiger partial charge is 0.167 e. The lowest BCUT2D eigenvalue weighted by atomic mass is 9.88. The van der Waals surface area contributed by atoms with Gasteiger partial charge in [-0.05, 0) is 0 Å². The van der Waals surface area contributed by atoms with Gasteiger partial charge in [-0.2, -0.15) is 21.0 Å². The molecule has 0 aromatic carbocycles. The van der Waals surface area contributed by atoms with Crippen LogP contribution < -0.4 is 0 Å². The summed E-state index contributed by atoms with van der Waals surface area (Å²) >= 11 is 1.38. The van der Waals surface area contributed by atoms with Crippen molar-refractivity contribution in [3.8, 4) is 24.3 Å². The van der Waals surface area contributed by atoms with Gasteiger partial charge < -0.3 is 0 Å². The summed E-state index contributed by atoms with van der Waals surface area (Å²) in [5.74, 6) is -3.34. The average Bonchev–Trinajstić information content (AvgIpc) is 2.46. The fourth-order valence-corrected chi connectivity index (χ4v) is 2.50. The van der Waals surface area contributed by atoms with Crippen LogP contribution in [-0.4, -0.2) is 10.1 Å². The van der Waals surface area contributed by atoms with Crippen molar-refractivity contribution < 1.29 is 13.2 Å². The molecular formula is C12H2F3IN4. The maximum absolute atomic E-state index is 14.1. The second-order valence-electron chi connectivity index (χ2n) is 3.46. The van der Waals surface area contributed by atoms with Crippen LogP contribution in [0.2, 0.25) is 0 Å².